The second-order valence-corrected chi connectivity index (χ2v) is 6.32. The maximum Gasteiger partial charge on any atom is 0.274 e. The third kappa shape index (κ3) is 4.22. The summed E-state index contributed by atoms with van der Waals surface area (Å²) in [5.41, 5.74) is 1.64. The lowest BCUT2D eigenvalue weighted by atomic mass is 10.2. The molecule has 0 saturated carbocycles. The molecular weight excluding hydrogens is 385 g/mol. The van der Waals surface area contributed by atoms with Crippen LogP contribution in [0, 0.1) is 5.82 Å². The van der Waals surface area contributed by atoms with Gasteiger partial charge in [0.25, 0.3) is 11.8 Å². The Bertz CT molecular complexity index is 1190. The van der Waals surface area contributed by atoms with Crippen LogP contribution < -0.4 is 10.6 Å². The van der Waals surface area contributed by atoms with Crippen molar-refractivity contribution in [1.29, 1.82) is 0 Å². The second kappa shape index (κ2) is 8.36. The van der Waals surface area contributed by atoms with Gasteiger partial charge in [-0.05, 0) is 42.5 Å². The van der Waals surface area contributed by atoms with Crippen LogP contribution in [0.4, 0.5) is 15.8 Å². The Hall–Kier alpha value is -4.33. The van der Waals surface area contributed by atoms with Crippen molar-refractivity contribution in [3.8, 4) is 5.69 Å². The molecule has 0 aliphatic rings. The molecule has 30 heavy (non-hydrogen) atoms. The molecule has 2 N–H and O–H groups in total. The summed E-state index contributed by atoms with van der Waals surface area (Å²) in [6, 6.07) is 17.9. The first-order valence-electron chi connectivity index (χ1n) is 9.03. The van der Waals surface area contributed by atoms with Crippen LogP contribution in [0.25, 0.3) is 5.69 Å². The standard InChI is InChI=1S/C22H16FN5O2/c23-16-9-10-18(26-22(30)19-8-4-5-11-24-19)20(12-16)27-21(29)15-13-25-28(14-15)17-6-2-1-3-7-17/h1-14H,(H,26,30)(H,27,29). The van der Waals surface area contributed by atoms with Gasteiger partial charge in [-0.3, -0.25) is 14.6 Å². The Morgan fingerprint density at radius 1 is 0.867 bits per heavy atom. The van der Waals surface area contributed by atoms with Crippen LogP contribution in [-0.4, -0.2) is 26.6 Å². The Kier molecular flexibility index (Phi) is 5.29. The number of anilines is 2. The molecule has 0 fully saturated rings. The van der Waals surface area contributed by atoms with Crippen molar-refractivity contribution in [2.24, 2.45) is 0 Å². The van der Waals surface area contributed by atoms with E-state index in [9.17, 15) is 14.0 Å². The number of amides is 2. The SMILES string of the molecule is O=C(Nc1cc(F)ccc1NC(=O)c1ccccn1)c1cnn(-c2ccccc2)c1. The lowest BCUT2D eigenvalue weighted by Gasteiger charge is -2.12. The van der Waals surface area contributed by atoms with Gasteiger partial charge in [0.05, 0.1) is 28.8 Å². The molecule has 2 amide bonds. The van der Waals surface area contributed by atoms with Crippen molar-refractivity contribution in [3.63, 3.8) is 0 Å². The molecule has 7 nitrogen and oxygen atoms in total. The van der Waals surface area contributed by atoms with Gasteiger partial charge in [-0.25, -0.2) is 9.07 Å². The summed E-state index contributed by atoms with van der Waals surface area (Å²) in [6.07, 6.45) is 4.47. The third-order valence-corrected chi connectivity index (χ3v) is 4.24. The van der Waals surface area contributed by atoms with Crippen molar-refractivity contribution in [2.45, 2.75) is 0 Å². The average Bonchev–Trinajstić information content (AvgIpc) is 3.27. The highest BCUT2D eigenvalue weighted by molar-refractivity contribution is 6.09. The van der Waals surface area contributed by atoms with Gasteiger partial charge >= 0.3 is 0 Å². The van der Waals surface area contributed by atoms with Crippen molar-refractivity contribution < 1.29 is 14.0 Å². The molecular formula is C22H16FN5O2. The molecule has 148 valence electrons. The molecule has 0 unspecified atom stereocenters. The normalized spacial score (nSPS) is 10.4. The molecule has 4 rings (SSSR count). The van der Waals surface area contributed by atoms with E-state index in [0.29, 0.717) is 0 Å². The summed E-state index contributed by atoms with van der Waals surface area (Å²) >= 11 is 0. The molecule has 0 saturated heterocycles. The predicted octanol–water partition coefficient (Wildman–Crippen LogP) is 3.91. The summed E-state index contributed by atoms with van der Waals surface area (Å²) < 4.78 is 15.4. The minimum absolute atomic E-state index is 0.122. The van der Waals surface area contributed by atoms with E-state index in [-0.39, 0.29) is 22.6 Å². The molecule has 2 aromatic carbocycles. The highest BCUT2D eigenvalue weighted by atomic mass is 19.1. The minimum Gasteiger partial charge on any atom is -0.320 e. The van der Waals surface area contributed by atoms with E-state index in [1.54, 1.807) is 29.1 Å². The summed E-state index contributed by atoms with van der Waals surface area (Å²) in [7, 11) is 0. The number of pyridine rings is 1. The van der Waals surface area contributed by atoms with Crippen molar-refractivity contribution >= 4 is 23.2 Å². The number of hydrogen-bond donors (Lipinski definition) is 2. The number of carbonyl (C=O) groups excluding carboxylic acids is 2. The number of benzene rings is 2. The van der Waals surface area contributed by atoms with Gasteiger partial charge in [-0.2, -0.15) is 5.10 Å². The first-order valence-corrected chi connectivity index (χ1v) is 9.03. The zero-order chi connectivity index (χ0) is 20.9. The fraction of sp³-hybridized carbons (Fsp3) is 0. The zero-order valence-corrected chi connectivity index (χ0v) is 15.6. The van der Waals surface area contributed by atoms with Gasteiger partial charge in [0, 0.05) is 12.4 Å². The van der Waals surface area contributed by atoms with Crippen molar-refractivity contribution in [3.05, 3.63) is 102 Å². The van der Waals surface area contributed by atoms with E-state index in [0.717, 1.165) is 11.8 Å². The third-order valence-electron chi connectivity index (χ3n) is 4.24. The van der Waals surface area contributed by atoms with Crippen LogP contribution in [0.5, 0.6) is 0 Å². The average molecular weight is 401 g/mol. The van der Waals surface area contributed by atoms with E-state index < -0.39 is 17.6 Å². The molecule has 0 aliphatic heterocycles. The first kappa shape index (κ1) is 19.0. The quantitative estimate of drug-likeness (QED) is 0.531. The minimum atomic E-state index is -0.555. The van der Waals surface area contributed by atoms with Crippen LogP contribution in [0.2, 0.25) is 0 Å². The smallest absolute Gasteiger partial charge is 0.274 e. The van der Waals surface area contributed by atoms with Crippen LogP contribution >= 0.6 is 0 Å². The molecule has 0 bridgehead atoms. The zero-order valence-electron chi connectivity index (χ0n) is 15.6. The van der Waals surface area contributed by atoms with Crippen LogP contribution in [-0.2, 0) is 0 Å². The Morgan fingerprint density at radius 3 is 2.40 bits per heavy atom. The fourth-order valence-electron chi connectivity index (χ4n) is 2.77. The molecule has 4 aromatic rings. The molecule has 0 spiro atoms. The summed E-state index contributed by atoms with van der Waals surface area (Å²) in [5, 5.41) is 9.44. The lowest BCUT2D eigenvalue weighted by molar-refractivity contribution is 0.101. The summed E-state index contributed by atoms with van der Waals surface area (Å²) in [4.78, 5) is 29.0. The van der Waals surface area contributed by atoms with E-state index in [1.165, 1.54) is 24.5 Å². The van der Waals surface area contributed by atoms with E-state index >= 15 is 0 Å². The van der Waals surface area contributed by atoms with Crippen LogP contribution in [0.15, 0.2) is 85.3 Å². The predicted molar refractivity (Wildman–Crippen MR) is 110 cm³/mol. The van der Waals surface area contributed by atoms with Crippen molar-refractivity contribution in [1.82, 2.24) is 14.8 Å². The van der Waals surface area contributed by atoms with E-state index in [1.807, 2.05) is 30.3 Å². The van der Waals surface area contributed by atoms with Crippen molar-refractivity contribution in [2.75, 3.05) is 10.6 Å². The number of aromatic nitrogens is 3. The Morgan fingerprint density at radius 2 is 1.63 bits per heavy atom. The maximum atomic E-state index is 13.8. The van der Waals surface area contributed by atoms with Gasteiger partial charge < -0.3 is 10.6 Å². The molecule has 8 heteroatoms. The van der Waals surface area contributed by atoms with Gasteiger partial charge in [0.2, 0.25) is 0 Å². The molecule has 0 radical (unpaired) electrons. The van der Waals surface area contributed by atoms with E-state index in [2.05, 4.69) is 20.7 Å². The number of nitrogens with one attached hydrogen (secondary N) is 2. The number of nitrogens with zero attached hydrogens (tertiary/aromatic N) is 3. The molecule has 2 heterocycles. The largest absolute Gasteiger partial charge is 0.320 e. The highest BCUT2D eigenvalue weighted by Gasteiger charge is 2.15. The number of rotatable bonds is 5. The summed E-state index contributed by atoms with van der Waals surface area (Å²) in [5.74, 6) is -1.52. The van der Waals surface area contributed by atoms with E-state index in [4.69, 9.17) is 0 Å². The monoisotopic (exact) mass is 401 g/mol. The summed E-state index contributed by atoms with van der Waals surface area (Å²) in [6.45, 7) is 0. The Labute approximate surface area is 171 Å². The van der Waals surface area contributed by atoms with Gasteiger partial charge in [-0.15, -0.1) is 0 Å². The topological polar surface area (TPSA) is 88.9 Å². The number of para-hydroxylation sites is 1. The highest BCUT2D eigenvalue weighted by Crippen LogP contribution is 2.24. The lowest BCUT2D eigenvalue weighted by Crippen LogP contribution is -2.17. The van der Waals surface area contributed by atoms with Gasteiger partial charge in [0.15, 0.2) is 0 Å². The second-order valence-electron chi connectivity index (χ2n) is 6.32. The molecule has 0 aliphatic carbocycles. The Balaban J connectivity index is 1.54. The number of carbonyl (C=O) groups is 2. The number of hydrogen-bond acceptors (Lipinski definition) is 4. The first-order chi connectivity index (χ1) is 14.6. The fourth-order valence-corrected chi connectivity index (χ4v) is 2.77. The molecule has 2 aromatic heterocycles. The van der Waals surface area contributed by atoms with Crippen LogP contribution in [0.1, 0.15) is 20.8 Å². The number of halogens is 1. The molecule has 0 atom stereocenters. The maximum absolute atomic E-state index is 13.8. The van der Waals surface area contributed by atoms with Gasteiger partial charge in [0.1, 0.15) is 11.5 Å². The van der Waals surface area contributed by atoms with Crippen LogP contribution in [0.3, 0.4) is 0 Å². The van der Waals surface area contributed by atoms with Gasteiger partial charge in [-0.1, -0.05) is 24.3 Å².